The van der Waals surface area contributed by atoms with Gasteiger partial charge in [0.25, 0.3) is 5.91 Å². The molecule has 2 unspecified atom stereocenters. The Morgan fingerprint density at radius 3 is 2.66 bits per heavy atom. The van der Waals surface area contributed by atoms with Gasteiger partial charge in [-0.25, -0.2) is 9.48 Å². The molecule has 1 saturated heterocycles. The third kappa shape index (κ3) is 4.05. The number of carbonyl (C=O) groups is 2. The Morgan fingerprint density at radius 1 is 1.21 bits per heavy atom. The van der Waals surface area contributed by atoms with Crippen molar-refractivity contribution in [2.24, 2.45) is 5.92 Å². The molecule has 1 aliphatic carbocycles. The van der Waals surface area contributed by atoms with E-state index in [-0.39, 0.29) is 5.92 Å². The van der Waals surface area contributed by atoms with E-state index in [1.54, 1.807) is 0 Å². The molecule has 1 aromatic carbocycles. The lowest BCUT2D eigenvalue weighted by atomic mass is 9.92. The van der Waals surface area contributed by atoms with E-state index in [4.69, 9.17) is 4.74 Å². The Kier molecular flexibility index (Phi) is 5.67. The zero-order chi connectivity index (χ0) is 20.4. The predicted octanol–water partition coefficient (Wildman–Crippen LogP) is 2.67. The van der Waals surface area contributed by atoms with E-state index >= 15 is 0 Å². The van der Waals surface area contributed by atoms with Crippen molar-refractivity contribution >= 4 is 11.9 Å². The summed E-state index contributed by atoms with van der Waals surface area (Å²) in [7, 11) is 0. The van der Waals surface area contributed by atoms with Crippen LogP contribution in [0.5, 0.6) is 0 Å². The second-order valence-corrected chi connectivity index (χ2v) is 7.99. The lowest BCUT2D eigenvalue weighted by Crippen LogP contribution is -2.48. The van der Waals surface area contributed by atoms with E-state index in [0.29, 0.717) is 18.9 Å². The number of ether oxygens (including phenoxy) is 1. The van der Waals surface area contributed by atoms with Crippen LogP contribution in [0.4, 0.5) is 0 Å². The van der Waals surface area contributed by atoms with Crippen molar-refractivity contribution in [1.29, 1.82) is 0 Å². The Labute approximate surface area is 170 Å². The maximum atomic E-state index is 13.1. The van der Waals surface area contributed by atoms with Gasteiger partial charge in [-0.2, -0.15) is 5.10 Å². The van der Waals surface area contributed by atoms with Crippen LogP contribution in [0, 0.1) is 12.8 Å². The number of carbonyl (C=O) groups excluding carboxylic acids is 1. The Hall–Kier alpha value is -2.67. The van der Waals surface area contributed by atoms with Gasteiger partial charge in [0.05, 0.1) is 12.3 Å². The molecule has 0 saturated carbocycles. The van der Waals surface area contributed by atoms with Crippen molar-refractivity contribution in [1.82, 2.24) is 15.1 Å². The minimum Gasteiger partial charge on any atom is -0.480 e. The first-order valence-electron chi connectivity index (χ1n) is 10.3. The topological polar surface area (TPSA) is 93.5 Å². The number of nitrogens with one attached hydrogen (secondary N) is 1. The van der Waals surface area contributed by atoms with Crippen molar-refractivity contribution in [3.63, 3.8) is 0 Å². The van der Waals surface area contributed by atoms with Crippen molar-refractivity contribution in [3.8, 4) is 5.69 Å². The summed E-state index contributed by atoms with van der Waals surface area (Å²) in [5.41, 5.74) is 4.43. The third-order valence-corrected chi connectivity index (χ3v) is 5.89. The number of amides is 1. The molecule has 0 spiro atoms. The zero-order valence-electron chi connectivity index (χ0n) is 16.7. The summed E-state index contributed by atoms with van der Waals surface area (Å²) >= 11 is 0. The molecule has 1 aromatic heterocycles. The van der Waals surface area contributed by atoms with Crippen molar-refractivity contribution in [2.75, 3.05) is 13.2 Å². The fourth-order valence-electron chi connectivity index (χ4n) is 4.30. The summed E-state index contributed by atoms with van der Waals surface area (Å²) in [6.07, 6.45) is 5.25. The predicted molar refractivity (Wildman–Crippen MR) is 107 cm³/mol. The lowest BCUT2D eigenvalue weighted by Gasteiger charge is -2.28. The molecule has 2 aliphatic rings. The zero-order valence-corrected chi connectivity index (χ0v) is 16.7. The molecule has 2 N–H and O–H groups in total. The van der Waals surface area contributed by atoms with Crippen LogP contribution in [0.3, 0.4) is 0 Å². The molecule has 154 valence electrons. The second-order valence-electron chi connectivity index (χ2n) is 7.99. The van der Waals surface area contributed by atoms with E-state index < -0.39 is 17.9 Å². The number of benzene rings is 1. The van der Waals surface area contributed by atoms with E-state index in [9.17, 15) is 14.7 Å². The fraction of sp³-hybridized carbons (Fsp3) is 0.500. The van der Waals surface area contributed by atoms with Gasteiger partial charge in [0, 0.05) is 23.8 Å². The number of fused-ring (bicyclic) bond motifs is 1. The normalized spacial score (nSPS) is 20.0. The van der Waals surface area contributed by atoms with E-state index in [2.05, 4.69) is 10.4 Å². The van der Waals surface area contributed by atoms with Gasteiger partial charge >= 0.3 is 5.97 Å². The molecule has 2 heterocycles. The number of hydrogen-bond donors (Lipinski definition) is 2. The van der Waals surface area contributed by atoms with Crippen LogP contribution in [-0.4, -0.2) is 46.0 Å². The number of carboxylic acids is 1. The van der Waals surface area contributed by atoms with Gasteiger partial charge in [-0.15, -0.1) is 0 Å². The molecule has 1 fully saturated rings. The van der Waals surface area contributed by atoms with E-state index in [1.165, 1.54) is 0 Å². The lowest BCUT2D eigenvalue weighted by molar-refractivity contribution is -0.142. The standard InChI is InChI=1S/C22H27N3O4/c1-14-8-10-16(11-9-14)25-18-7-3-2-6-17(18)20(24-25)21(26)23-19(22(27)28)15-5-4-12-29-13-15/h8-11,15,19H,2-7,12-13H2,1H3,(H,23,26)(H,27,28). The first-order valence-corrected chi connectivity index (χ1v) is 10.3. The van der Waals surface area contributed by atoms with Crippen LogP contribution in [0.15, 0.2) is 24.3 Å². The summed E-state index contributed by atoms with van der Waals surface area (Å²) in [6, 6.07) is 7.08. The summed E-state index contributed by atoms with van der Waals surface area (Å²) in [6.45, 7) is 3.03. The minimum absolute atomic E-state index is 0.222. The molecule has 7 nitrogen and oxygen atoms in total. The van der Waals surface area contributed by atoms with Crippen LogP contribution >= 0.6 is 0 Å². The Balaban J connectivity index is 1.64. The highest BCUT2D eigenvalue weighted by atomic mass is 16.5. The molecule has 4 rings (SSSR count). The number of carboxylic acid groups (broad SMARTS) is 1. The number of aromatic nitrogens is 2. The van der Waals surface area contributed by atoms with Crippen molar-refractivity contribution < 1.29 is 19.4 Å². The third-order valence-electron chi connectivity index (χ3n) is 5.89. The van der Waals surface area contributed by atoms with E-state index in [1.807, 2.05) is 35.9 Å². The van der Waals surface area contributed by atoms with Gasteiger partial charge < -0.3 is 15.2 Å². The molecule has 1 amide bonds. The van der Waals surface area contributed by atoms with Gasteiger partial charge in [0.2, 0.25) is 0 Å². The molecule has 29 heavy (non-hydrogen) atoms. The highest BCUT2D eigenvalue weighted by Crippen LogP contribution is 2.27. The van der Waals surface area contributed by atoms with Crippen LogP contribution in [-0.2, 0) is 22.4 Å². The maximum Gasteiger partial charge on any atom is 0.326 e. The maximum absolute atomic E-state index is 13.1. The number of aliphatic carboxylic acids is 1. The first-order chi connectivity index (χ1) is 14.0. The summed E-state index contributed by atoms with van der Waals surface area (Å²) in [4.78, 5) is 24.9. The van der Waals surface area contributed by atoms with Gasteiger partial charge in [-0.05, 0) is 57.6 Å². The molecular weight excluding hydrogens is 370 g/mol. The van der Waals surface area contributed by atoms with Gasteiger partial charge in [0.15, 0.2) is 5.69 Å². The van der Waals surface area contributed by atoms with Crippen molar-refractivity contribution in [2.45, 2.75) is 51.5 Å². The number of aryl methyl sites for hydroxylation is 1. The molecule has 2 aromatic rings. The molecule has 0 bridgehead atoms. The molecule has 7 heteroatoms. The molecule has 1 aliphatic heterocycles. The van der Waals surface area contributed by atoms with Gasteiger partial charge in [0.1, 0.15) is 6.04 Å². The molecule has 0 radical (unpaired) electrons. The van der Waals surface area contributed by atoms with Gasteiger partial charge in [-0.3, -0.25) is 4.79 Å². The first kappa shape index (κ1) is 19.6. The second kappa shape index (κ2) is 8.37. The monoisotopic (exact) mass is 397 g/mol. The summed E-state index contributed by atoms with van der Waals surface area (Å²) < 4.78 is 7.28. The average Bonchev–Trinajstić information content (AvgIpc) is 3.13. The molecular formula is C22H27N3O4. The smallest absolute Gasteiger partial charge is 0.326 e. The van der Waals surface area contributed by atoms with Crippen LogP contribution < -0.4 is 5.32 Å². The minimum atomic E-state index is -1.03. The highest BCUT2D eigenvalue weighted by Gasteiger charge is 2.34. The largest absolute Gasteiger partial charge is 0.480 e. The number of nitrogens with zero attached hydrogens (tertiary/aromatic N) is 2. The summed E-state index contributed by atoms with van der Waals surface area (Å²) in [5.74, 6) is -1.66. The summed E-state index contributed by atoms with van der Waals surface area (Å²) in [5, 5.41) is 17.0. The van der Waals surface area contributed by atoms with Crippen LogP contribution in [0.25, 0.3) is 5.69 Å². The van der Waals surface area contributed by atoms with Crippen LogP contribution in [0.1, 0.15) is 53.0 Å². The van der Waals surface area contributed by atoms with Crippen LogP contribution in [0.2, 0.25) is 0 Å². The number of rotatable bonds is 5. The Bertz CT molecular complexity index is 898. The quantitative estimate of drug-likeness (QED) is 0.809. The SMILES string of the molecule is Cc1ccc(-n2nc(C(=O)NC(C(=O)O)C3CCCOC3)c3c2CCCC3)cc1. The number of hydrogen-bond acceptors (Lipinski definition) is 4. The van der Waals surface area contributed by atoms with Gasteiger partial charge in [-0.1, -0.05) is 17.7 Å². The fourth-order valence-corrected chi connectivity index (χ4v) is 4.30. The average molecular weight is 397 g/mol. The molecule has 2 atom stereocenters. The Morgan fingerprint density at radius 2 is 1.97 bits per heavy atom. The highest BCUT2D eigenvalue weighted by molar-refractivity contribution is 5.96. The van der Waals surface area contributed by atoms with E-state index in [0.717, 1.165) is 61.0 Å². The van der Waals surface area contributed by atoms with Crippen molar-refractivity contribution in [3.05, 3.63) is 46.8 Å².